The van der Waals surface area contributed by atoms with Crippen LogP contribution in [0.1, 0.15) is 51.5 Å². The summed E-state index contributed by atoms with van der Waals surface area (Å²) in [7, 11) is 0. The zero-order chi connectivity index (χ0) is 14.0. The molecular weight excluding hydrogens is 236 g/mol. The van der Waals surface area contributed by atoms with Gasteiger partial charge in [0.15, 0.2) is 0 Å². The average Bonchev–Trinajstić information content (AvgIpc) is 2.69. The predicted octanol–water partition coefficient (Wildman–Crippen LogP) is 3.16. The third-order valence-electron chi connectivity index (χ3n) is 4.19. The van der Waals surface area contributed by atoms with Gasteiger partial charge in [-0.2, -0.15) is 0 Å². The normalized spacial score (nSPS) is 19.4. The number of nitrogens with two attached hydrogens (primary N) is 1. The number of rotatable bonds is 3. The van der Waals surface area contributed by atoms with Crippen LogP contribution in [-0.4, -0.2) is 22.9 Å². The fourth-order valence-corrected chi connectivity index (χ4v) is 2.88. The number of nitrogens with zero attached hydrogens (tertiary/aromatic N) is 1. The van der Waals surface area contributed by atoms with E-state index in [9.17, 15) is 4.79 Å². The number of anilines is 1. The molecule has 1 unspecified atom stereocenters. The molecule has 3 heteroatoms. The third kappa shape index (κ3) is 3.09. The molecule has 0 bridgehead atoms. The van der Waals surface area contributed by atoms with Gasteiger partial charge in [0.25, 0.3) is 0 Å². The quantitative estimate of drug-likeness (QED) is 0.848. The summed E-state index contributed by atoms with van der Waals surface area (Å²) in [6, 6.07) is 7.83. The van der Waals surface area contributed by atoms with Gasteiger partial charge in [-0.05, 0) is 50.3 Å². The van der Waals surface area contributed by atoms with Gasteiger partial charge in [0, 0.05) is 24.2 Å². The lowest BCUT2D eigenvalue weighted by atomic mass is 9.95. The number of nitrogen functional groups attached to an aromatic ring is 1. The number of carbonyl (C=O) groups is 1. The molecule has 1 amide bonds. The number of amides is 1. The number of hydrogen-bond acceptors (Lipinski definition) is 2. The van der Waals surface area contributed by atoms with Crippen LogP contribution in [0, 0.1) is 0 Å². The minimum Gasteiger partial charge on any atom is -0.399 e. The van der Waals surface area contributed by atoms with E-state index in [2.05, 4.69) is 20.8 Å². The molecule has 1 saturated heterocycles. The van der Waals surface area contributed by atoms with Crippen molar-refractivity contribution in [3.8, 4) is 0 Å². The van der Waals surface area contributed by atoms with Crippen molar-refractivity contribution in [3.05, 3.63) is 29.8 Å². The molecule has 0 spiro atoms. The molecule has 1 aromatic carbocycles. The second-order valence-electron chi connectivity index (χ2n) is 6.23. The lowest BCUT2D eigenvalue weighted by Crippen LogP contribution is -2.42. The first-order chi connectivity index (χ1) is 8.90. The Kier molecular flexibility index (Phi) is 3.83. The lowest BCUT2D eigenvalue weighted by Gasteiger charge is -2.32. The van der Waals surface area contributed by atoms with Gasteiger partial charge in [0.1, 0.15) is 0 Å². The molecule has 0 radical (unpaired) electrons. The molecule has 104 valence electrons. The summed E-state index contributed by atoms with van der Waals surface area (Å²) in [5, 5.41) is 0. The van der Waals surface area contributed by atoms with Crippen LogP contribution in [0.3, 0.4) is 0 Å². The van der Waals surface area contributed by atoms with Crippen molar-refractivity contribution in [2.75, 3.05) is 12.3 Å². The van der Waals surface area contributed by atoms with E-state index in [1.807, 2.05) is 29.2 Å². The van der Waals surface area contributed by atoms with E-state index in [4.69, 9.17) is 5.73 Å². The van der Waals surface area contributed by atoms with Crippen molar-refractivity contribution in [2.24, 2.45) is 0 Å². The monoisotopic (exact) mass is 260 g/mol. The van der Waals surface area contributed by atoms with E-state index in [0.29, 0.717) is 6.42 Å². The Balaban J connectivity index is 2.01. The molecular formula is C16H24N2O. The van der Waals surface area contributed by atoms with E-state index in [1.54, 1.807) is 0 Å². The molecule has 2 N–H and O–H groups in total. The Bertz CT molecular complexity index is 450. The molecule has 0 saturated carbocycles. The molecule has 3 nitrogen and oxygen atoms in total. The van der Waals surface area contributed by atoms with Gasteiger partial charge in [0.05, 0.1) is 0 Å². The SMILES string of the molecule is CC(CC(=O)N1CCCC1(C)C)c1ccc(N)cc1. The average molecular weight is 260 g/mol. The highest BCUT2D eigenvalue weighted by atomic mass is 16.2. The summed E-state index contributed by atoms with van der Waals surface area (Å²) >= 11 is 0. The first kappa shape index (κ1) is 13.9. The largest absolute Gasteiger partial charge is 0.399 e. The Hall–Kier alpha value is -1.51. The number of likely N-dealkylation sites (tertiary alicyclic amines) is 1. The van der Waals surface area contributed by atoms with E-state index < -0.39 is 0 Å². The molecule has 1 heterocycles. The van der Waals surface area contributed by atoms with Crippen molar-refractivity contribution in [3.63, 3.8) is 0 Å². The van der Waals surface area contributed by atoms with Crippen molar-refractivity contribution >= 4 is 11.6 Å². The van der Waals surface area contributed by atoms with Gasteiger partial charge in [-0.3, -0.25) is 4.79 Å². The Morgan fingerprint density at radius 2 is 2.00 bits per heavy atom. The molecule has 1 aliphatic heterocycles. The van der Waals surface area contributed by atoms with Crippen molar-refractivity contribution < 1.29 is 4.79 Å². The second kappa shape index (κ2) is 5.24. The number of benzene rings is 1. The highest BCUT2D eigenvalue weighted by Crippen LogP contribution is 2.30. The van der Waals surface area contributed by atoms with Gasteiger partial charge in [-0.15, -0.1) is 0 Å². The lowest BCUT2D eigenvalue weighted by molar-refractivity contribution is -0.134. The maximum absolute atomic E-state index is 12.4. The van der Waals surface area contributed by atoms with Crippen molar-refractivity contribution in [1.82, 2.24) is 4.90 Å². The molecule has 1 aliphatic rings. The van der Waals surface area contributed by atoms with E-state index in [-0.39, 0.29) is 17.4 Å². The van der Waals surface area contributed by atoms with Crippen molar-refractivity contribution in [2.45, 2.75) is 51.5 Å². The highest BCUT2D eigenvalue weighted by molar-refractivity contribution is 5.78. The second-order valence-corrected chi connectivity index (χ2v) is 6.23. The highest BCUT2D eigenvalue weighted by Gasteiger charge is 2.35. The molecule has 1 fully saturated rings. The summed E-state index contributed by atoms with van der Waals surface area (Å²) in [5.74, 6) is 0.510. The predicted molar refractivity (Wildman–Crippen MR) is 78.9 cm³/mol. The zero-order valence-corrected chi connectivity index (χ0v) is 12.1. The summed E-state index contributed by atoms with van der Waals surface area (Å²) in [6.07, 6.45) is 2.80. The molecule has 2 rings (SSSR count). The Morgan fingerprint density at radius 1 is 1.37 bits per heavy atom. The van der Waals surface area contributed by atoms with E-state index in [0.717, 1.165) is 25.1 Å². The van der Waals surface area contributed by atoms with Crippen molar-refractivity contribution in [1.29, 1.82) is 0 Å². The first-order valence-corrected chi connectivity index (χ1v) is 7.06. The standard InChI is InChI=1S/C16H24N2O/c1-12(13-5-7-14(17)8-6-13)11-15(19)18-10-4-9-16(18,2)3/h5-8,12H,4,9-11,17H2,1-3H3. The summed E-state index contributed by atoms with van der Waals surface area (Å²) in [4.78, 5) is 14.5. The Labute approximate surface area is 115 Å². The van der Waals surface area contributed by atoms with Gasteiger partial charge in [-0.1, -0.05) is 19.1 Å². The molecule has 19 heavy (non-hydrogen) atoms. The molecule has 0 aliphatic carbocycles. The van der Waals surface area contributed by atoms with Crippen LogP contribution in [0.15, 0.2) is 24.3 Å². The van der Waals surface area contributed by atoms with Gasteiger partial charge >= 0.3 is 0 Å². The van der Waals surface area contributed by atoms with Crippen LogP contribution < -0.4 is 5.73 Å². The minimum atomic E-state index is 0.0257. The molecule has 1 atom stereocenters. The third-order valence-corrected chi connectivity index (χ3v) is 4.19. The maximum atomic E-state index is 12.4. The smallest absolute Gasteiger partial charge is 0.223 e. The van der Waals surface area contributed by atoms with E-state index in [1.165, 1.54) is 5.56 Å². The summed E-state index contributed by atoms with van der Waals surface area (Å²) in [5.41, 5.74) is 7.66. The van der Waals surface area contributed by atoms with E-state index >= 15 is 0 Å². The van der Waals surface area contributed by atoms with Gasteiger partial charge in [-0.25, -0.2) is 0 Å². The number of hydrogen-bond donors (Lipinski definition) is 1. The summed E-state index contributed by atoms with van der Waals surface area (Å²) < 4.78 is 0. The molecule has 1 aromatic rings. The maximum Gasteiger partial charge on any atom is 0.223 e. The fourth-order valence-electron chi connectivity index (χ4n) is 2.88. The van der Waals surface area contributed by atoms with Crippen LogP contribution in [0.5, 0.6) is 0 Å². The Morgan fingerprint density at radius 3 is 2.53 bits per heavy atom. The van der Waals surface area contributed by atoms with Crippen LogP contribution in [0.4, 0.5) is 5.69 Å². The van der Waals surface area contributed by atoms with Gasteiger partial charge in [0.2, 0.25) is 5.91 Å². The van der Waals surface area contributed by atoms with Crippen LogP contribution >= 0.6 is 0 Å². The summed E-state index contributed by atoms with van der Waals surface area (Å²) in [6.45, 7) is 7.32. The molecule has 0 aromatic heterocycles. The zero-order valence-electron chi connectivity index (χ0n) is 12.1. The fraction of sp³-hybridized carbons (Fsp3) is 0.562. The van der Waals surface area contributed by atoms with Crippen LogP contribution in [-0.2, 0) is 4.79 Å². The van der Waals surface area contributed by atoms with Crippen LogP contribution in [0.2, 0.25) is 0 Å². The number of carbonyl (C=O) groups excluding carboxylic acids is 1. The minimum absolute atomic E-state index is 0.0257. The topological polar surface area (TPSA) is 46.3 Å². The first-order valence-electron chi connectivity index (χ1n) is 7.06. The van der Waals surface area contributed by atoms with Crippen LogP contribution in [0.25, 0.3) is 0 Å². The van der Waals surface area contributed by atoms with Gasteiger partial charge < -0.3 is 10.6 Å².